The Labute approximate surface area is 159 Å². The maximum Gasteiger partial charge on any atom is 0.254 e. The number of aromatic nitrogens is 1. The fraction of sp³-hybridized carbons (Fsp3) is 0.524. The number of amides is 1. The predicted molar refractivity (Wildman–Crippen MR) is 105 cm³/mol. The van der Waals surface area contributed by atoms with Crippen LogP contribution >= 0.6 is 0 Å². The second kappa shape index (κ2) is 7.44. The van der Waals surface area contributed by atoms with E-state index >= 15 is 0 Å². The molecule has 3 fully saturated rings. The van der Waals surface area contributed by atoms with Gasteiger partial charge in [0.15, 0.2) is 0 Å². The average molecular weight is 369 g/mol. The molecule has 144 valence electrons. The summed E-state index contributed by atoms with van der Waals surface area (Å²) in [5.41, 5.74) is 1.18. The lowest BCUT2D eigenvalue weighted by Crippen LogP contribution is -2.45. The third-order valence-corrected chi connectivity index (χ3v) is 6.08. The van der Waals surface area contributed by atoms with Gasteiger partial charge in [0.1, 0.15) is 0 Å². The van der Waals surface area contributed by atoms with Crippen LogP contribution in [0.1, 0.15) is 23.2 Å². The standard InChI is InChI=1S/C21H27N3O3/c1-22-19-6-4-3-5-17(19)18(11-20(22)25)21(26)24-13-15-7-8-16(14-24)23(12-15)9-10-27-2/h3-6,11,15-16H,7-10,12-14H2,1-2H3/t15-,16-/m1/s1. The maximum atomic E-state index is 13.4. The molecule has 6 nitrogen and oxygen atoms in total. The molecular formula is C21H27N3O3. The topological polar surface area (TPSA) is 54.8 Å². The van der Waals surface area contributed by atoms with Gasteiger partial charge in [-0.3, -0.25) is 14.5 Å². The molecule has 3 aliphatic heterocycles. The molecule has 3 saturated heterocycles. The number of aryl methyl sites for hydroxylation is 1. The number of fused-ring (bicyclic) bond motifs is 5. The minimum Gasteiger partial charge on any atom is -0.383 e. The molecule has 5 rings (SSSR count). The molecule has 3 aliphatic rings. The Balaban J connectivity index is 1.65. The average Bonchev–Trinajstić information content (AvgIpc) is 3.00. The first kappa shape index (κ1) is 18.2. The first-order valence-corrected chi connectivity index (χ1v) is 9.69. The smallest absolute Gasteiger partial charge is 0.254 e. The lowest BCUT2D eigenvalue weighted by molar-refractivity contribution is 0.0719. The summed E-state index contributed by atoms with van der Waals surface area (Å²) in [7, 11) is 3.48. The molecule has 6 heteroatoms. The van der Waals surface area contributed by atoms with Crippen LogP contribution in [0.25, 0.3) is 10.9 Å². The highest BCUT2D eigenvalue weighted by atomic mass is 16.5. The summed E-state index contributed by atoms with van der Waals surface area (Å²) in [5.74, 6) is 0.469. The Morgan fingerprint density at radius 1 is 1.19 bits per heavy atom. The summed E-state index contributed by atoms with van der Waals surface area (Å²) >= 11 is 0. The highest BCUT2D eigenvalue weighted by Crippen LogP contribution is 2.29. The summed E-state index contributed by atoms with van der Waals surface area (Å²) < 4.78 is 6.85. The predicted octanol–water partition coefficient (Wildman–Crippen LogP) is 1.72. The number of hydrogen-bond donors (Lipinski definition) is 0. The Morgan fingerprint density at radius 3 is 2.81 bits per heavy atom. The van der Waals surface area contributed by atoms with Crippen molar-refractivity contribution < 1.29 is 9.53 Å². The second-order valence-corrected chi connectivity index (χ2v) is 7.77. The van der Waals surface area contributed by atoms with Crippen LogP contribution in [0.2, 0.25) is 0 Å². The van der Waals surface area contributed by atoms with E-state index in [2.05, 4.69) is 4.90 Å². The fourth-order valence-electron chi connectivity index (χ4n) is 4.59. The third kappa shape index (κ3) is 3.39. The van der Waals surface area contributed by atoms with E-state index in [1.165, 1.54) is 6.07 Å². The molecule has 2 bridgehead atoms. The van der Waals surface area contributed by atoms with Crippen molar-refractivity contribution in [1.29, 1.82) is 0 Å². The molecule has 1 aromatic carbocycles. The first-order valence-electron chi connectivity index (χ1n) is 9.69. The lowest BCUT2D eigenvalue weighted by Gasteiger charge is -2.35. The minimum atomic E-state index is -0.142. The van der Waals surface area contributed by atoms with E-state index in [0.29, 0.717) is 17.5 Å². The number of para-hydroxylation sites is 1. The van der Waals surface area contributed by atoms with Gasteiger partial charge in [-0.05, 0) is 24.8 Å². The zero-order valence-electron chi connectivity index (χ0n) is 16.1. The molecular weight excluding hydrogens is 342 g/mol. The third-order valence-electron chi connectivity index (χ3n) is 6.08. The van der Waals surface area contributed by atoms with E-state index in [1.54, 1.807) is 18.7 Å². The summed E-state index contributed by atoms with van der Waals surface area (Å²) in [6.07, 6.45) is 2.28. The van der Waals surface area contributed by atoms with Crippen LogP contribution in [-0.4, -0.2) is 66.2 Å². The van der Waals surface area contributed by atoms with Crippen molar-refractivity contribution in [2.45, 2.75) is 18.9 Å². The highest BCUT2D eigenvalue weighted by molar-refractivity contribution is 6.06. The number of ether oxygens (including phenoxy) is 1. The van der Waals surface area contributed by atoms with Crippen LogP contribution in [-0.2, 0) is 11.8 Å². The molecule has 0 saturated carbocycles. The molecule has 27 heavy (non-hydrogen) atoms. The van der Waals surface area contributed by atoms with Crippen LogP contribution in [0, 0.1) is 5.92 Å². The van der Waals surface area contributed by atoms with Gasteiger partial charge in [0.2, 0.25) is 0 Å². The lowest BCUT2D eigenvalue weighted by atomic mass is 9.95. The van der Waals surface area contributed by atoms with Gasteiger partial charge >= 0.3 is 0 Å². The Bertz CT molecular complexity index is 907. The van der Waals surface area contributed by atoms with E-state index in [9.17, 15) is 9.59 Å². The summed E-state index contributed by atoms with van der Waals surface area (Å²) in [4.78, 5) is 30.2. The number of carbonyl (C=O) groups is 1. The molecule has 0 N–H and O–H groups in total. The molecule has 0 aliphatic carbocycles. The van der Waals surface area contributed by atoms with Crippen molar-refractivity contribution in [3.05, 3.63) is 46.2 Å². The van der Waals surface area contributed by atoms with E-state index in [-0.39, 0.29) is 11.5 Å². The van der Waals surface area contributed by atoms with Gasteiger partial charge in [0, 0.05) is 57.8 Å². The number of hydrogen-bond acceptors (Lipinski definition) is 4. The summed E-state index contributed by atoms with van der Waals surface area (Å²) in [6, 6.07) is 9.52. The number of benzene rings is 1. The Morgan fingerprint density at radius 2 is 2.00 bits per heavy atom. The first-order chi connectivity index (χ1) is 13.1. The highest BCUT2D eigenvalue weighted by Gasteiger charge is 2.36. The monoisotopic (exact) mass is 369 g/mol. The van der Waals surface area contributed by atoms with Crippen LogP contribution in [0.15, 0.2) is 35.1 Å². The van der Waals surface area contributed by atoms with Crippen molar-refractivity contribution in [3.63, 3.8) is 0 Å². The number of carbonyl (C=O) groups excluding carboxylic acids is 1. The number of methoxy groups -OCH3 is 1. The SMILES string of the molecule is COCCN1C[C@H]2CC[C@@H]1CN(C(=O)c1cc(=O)n(C)c3ccccc13)C2. The van der Waals surface area contributed by atoms with Gasteiger partial charge in [0.05, 0.1) is 17.7 Å². The van der Waals surface area contributed by atoms with E-state index < -0.39 is 0 Å². The Hall–Kier alpha value is -2.18. The summed E-state index contributed by atoms with van der Waals surface area (Å²) in [5, 5.41) is 0.845. The van der Waals surface area contributed by atoms with Crippen molar-refractivity contribution in [2.75, 3.05) is 39.9 Å². The van der Waals surface area contributed by atoms with Gasteiger partial charge in [-0.2, -0.15) is 0 Å². The van der Waals surface area contributed by atoms with Crippen LogP contribution in [0.3, 0.4) is 0 Å². The molecule has 2 atom stereocenters. The van der Waals surface area contributed by atoms with Crippen molar-refractivity contribution in [2.24, 2.45) is 13.0 Å². The number of nitrogens with zero attached hydrogens (tertiary/aromatic N) is 3. The molecule has 2 aromatic rings. The van der Waals surface area contributed by atoms with Crippen molar-refractivity contribution >= 4 is 16.8 Å². The molecule has 0 radical (unpaired) electrons. The summed E-state index contributed by atoms with van der Waals surface area (Å²) in [6.45, 7) is 4.14. The molecule has 0 spiro atoms. The molecule has 4 heterocycles. The maximum absolute atomic E-state index is 13.4. The van der Waals surface area contributed by atoms with Crippen LogP contribution < -0.4 is 5.56 Å². The largest absolute Gasteiger partial charge is 0.383 e. The van der Waals surface area contributed by atoms with Gasteiger partial charge in [-0.1, -0.05) is 18.2 Å². The zero-order chi connectivity index (χ0) is 19.0. The number of piperidine rings is 1. The zero-order valence-corrected chi connectivity index (χ0v) is 16.1. The van der Waals surface area contributed by atoms with Gasteiger partial charge < -0.3 is 14.2 Å². The molecule has 0 unspecified atom stereocenters. The van der Waals surface area contributed by atoms with Crippen molar-refractivity contribution in [1.82, 2.24) is 14.4 Å². The molecule has 1 aromatic heterocycles. The Kier molecular flexibility index (Phi) is 5.02. The van der Waals surface area contributed by atoms with Gasteiger partial charge in [-0.25, -0.2) is 0 Å². The quantitative estimate of drug-likeness (QED) is 0.824. The normalized spacial score (nSPS) is 23.0. The molecule has 1 amide bonds. The second-order valence-electron chi connectivity index (χ2n) is 7.77. The van der Waals surface area contributed by atoms with E-state index in [4.69, 9.17) is 4.74 Å². The van der Waals surface area contributed by atoms with Crippen LogP contribution in [0.5, 0.6) is 0 Å². The number of pyridine rings is 1. The fourth-order valence-corrected chi connectivity index (χ4v) is 4.59. The van der Waals surface area contributed by atoms with Gasteiger partial charge in [-0.15, -0.1) is 0 Å². The van der Waals surface area contributed by atoms with E-state index in [1.807, 2.05) is 29.2 Å². The van der Waals surface area contributed by atoms with Gasteiger partial charge in [0.25, 0.3) is 11.5 Å². The van der Waals surface area contributed by atoms with Crippen LogP contribution in [0.4, 0.5) is 0 Å². The minimum absolute atomic E-state index is 0.0191. The number of rotatable bonds is 4. The van der Waals surface area contributed by atoms with E-state index in [0.717, 1.165) is 56.5 Å². The van der Waals surface area contributed by atoms with Crippen molar-refractivity contribution in [3.8, 4) is 0 Å².